The van der Waals surface area contributed by atoms with Crippen LogP contribution in [0.1, 0.15) is 31.2 Å². The third-order valence-corrected chi connectivity index (χ3v) is 7.75. The van der Waals surface area contributed by atoms with Gasteiger partial charge < -0.3 is 24.7 Å². The zero-order chi connectivity index (χ0) is 28.2. The summed E-state index contributed by atoms with van der Waals surface area (Å²) in [6.45, 7) is 3.96. The van der Waals surface area contributed by atoms with Crippen LogP contribution in [0.15, 0.2) is 59.6 Å². The van der Waals surface area contributed by atoms with Gasteiger partial charge in [0.2, 0.25) is 0 Å². The van der Waals surface area contributed by atoms with Crippen LogP contribution in [0.4, 0.5) is 10.1 Å². The monoisotopic (exact) mass is 577 g/mol. The molecule has 2 aromatic carbocycles. The number of hydrogen-bond acceptors (Lipinski definition) is 7. The molecule has 0 atom stereocenters. The van der Waals surface area contributed by atoms with E-state index in [4.69, 9.17) is 31.5 Å². The molecule has 0 aliphatic carbocycles. The summed E-state index contributed by atoms with van der Waals surface area (Å²) < 4.78 is 18.9. The van der Waals surface area contributed by atoms with Crippen LogP contribution in [0.25, 0.3) is 0 Å². The molecule has 2 heterocycles. The highest BCUT2D eigenvalue weighted by Crippen LogP contribution is 2.33. The summed E-state index contributed by atoms with van der Waals surface area (Å²) in [5.41, 5.74) is 2.44. The summed E-state index contributed by atoms with van der Waals surface area (Å²) in [7, 11) is 2.19. The molecule has 0 spiro atoms. The Morgan fingerprint density at radius 2 is 1.85 bits per heavy atom. The number of benzene rings is 2. The van der Waals surface area contributed by atoms with Crippen LogP contribution in [0.5, 0.6) is 5.75 Å². The smallest absolute Gasteiger partial charge is 0.328 e. The fraction of sp³-hybridized carbons (Fsp3) is 0.393. The van der Waals surface area contributed by atoms with Gasteiger partial charge in [0.15, 0.2) is 5.17 Å². The van der Waals surface area contributed by atoms with Crippen molar-refractivity contribution >= 4 is 46.2 Å². The second-order valence-electron chi connectivity index (χ2n) is 9.14. The van der Waals surface area contributed by atoms with Gasteiger partial charge in [-0.3, -0.25) is 0 Å². The maximum atomic E-state index is 13.2. The third-order valence-electron chi connectivity index (χ3n) is 6.37. The molecule has 0 radical (unpaired) electrons. The highest BCUT2D eigenvalue weighted by molar-refractivity contribution is 8.13. The van der Waals surface area contributed by atoms with Gasteiger partial charge in [0.05, 0.1) is 17.3 Å². The number of aliphatic carboxylic acids is 2. The largest absolute Gasteiger partial charge is 0.494 e. The molecule has 0 saturated carbocycles. The first-order chi connectivity index (χ1) is 18.7. The Hall–Kier alpha value is -3.08. The van der Waals surface area contributed by atoms with Crippen LogP contribution in [0.3, 0.4) is 0 Å². The van der Waals surface area contributed by atoms with Gasteiger partial charge in [0.25, 0.3) is 0 Å². The van der Waals surface area contributed by atoms with E-state index in [9.17, 15) is 14.0 Å². The predicted molar refractivity (Wildman–Crippen MR) is 153 cm³/mol. The van der Waals surface area contributed by atoms with E-state index < -0.39 is 17.8 Å². The van der Waals surface area contributed by atoms with Crippen molar-refractivity contribution in [1.29, 1.82) is 0 Å². The van der Waals surface area contributed by atoms with Crippen molar-refractivity contribution < 1.29 is 28.9 Å². The van der Waals surface area contributed by atoms with Crippen LogP contribution in [0.2, 0.25) is 5.02 Å². The maximum Gasteiger partial charge on any atom is 0.328 e. The Labute approximate surface area is 237 Å². The van der Waals surface area contributed by atoms with E-state index in [0.29, 0.717) is 30.6 Å². The number of fused-ring (bicyclic) bond motifs is 1. The van der Waals surface area contributed by atoms with Gasteiger partial charge in [-0.2, -0.15) is 0 Å². The minimum Gasteiger partial charge on any atom is -0.494 e. The van der Waals surface area contributed by atoms with Crippen LogP contribution >= 0.6 is 23.4 Å². The van der Waals surface area contributed by atoms with Gasteiger partial charge in [-0.15, -0.1) is 0 Å². The average Bonchev–Trinajstić information content (AvgIpc) is 2.93. The number of hydrogen-bond donors (Lipinski definition) is 2. The lowest BCUT2D eigenvalue weighted by Gasteiger charge is -2.38. The van der Waals surface area contributed by atoms with Gasteiger partial charge in [-0.05, 0) is 56.0 Å². The molecule has 2 aliphatic heterocycles. The number of para-hydroxylation sites is 1. The van der Waals surface area contributed by atoms with Crippen LogP contribution in [-0.4, -0.2) is 76.4 Å². The lowest BCUT2D eigenvalue weighted by atomic mass is 10.0. The van der Waals surface area contributed by atoms with Crippen molar-refractivity contribution in [2.45, 2.75) is 37.5 Å². The summed E-state index contributed by atoms with van der Waals surface area (Å²) in [4.78, 5) is 28.9. The molecule has 4 rings (SSSR count). The molecule has 0 aromatic heterocycles. The normalized spacial score (nSPS) is 15.6. The number of likely N-dealkylation sites (tertiary alicyclic amines) is 1. The average molecular weight is 578 g/mol. The van der Waals surface area contributed by atoms with Crippen molar-refractivity contribution in [2.24, 2.45) is 4.99 Å². The van der Waals surface area contributed by atoms with Crippen LogP contribution in [-0.2, 0) is 15.3 Å². The number of thioether (sulfide) groups is 1. The minimum absolute atomic E-state index is 0.104. The number of unbranched alkanes of at least 4 members (excludes halogenated alkanes) is 1. The predicted octanol–water partition coefficient (Wildman–Crippen LogP) is 5.68. The SMILES string of the molecule is CN(C1=Nc2ccccc2CS1)C1CCN(CCCCOc2ccc(F)c(Cl)c2)CC1.O=C(O)/C=C/C(=O)O. The summed E-state index contributed by atoms with van der Waals surface area (Å²) in [5, 5.41) is 16.9. The first-order valence-electron chi connectivity index (χ1n) is 12.7. The lowest BCUT2D eigenvalue weighted by molar-refractivity contribution is -0.134. The number of rotatable bonds is 9. The van der Waals surface area contributed by atoms with E-state index in [2.05, 4.69) is 41.1 Å². The van der Waals surface area contributed by atoms with E-state index in [1.807, 2.05) is 11.8 Å². The molecule has 0 amide bonds. The Morgan fingerprint density at radius 1 is 1.15 bits per heavy atom. The molecule has 210 valence electrons. The molecule has 1 saturated heterocycles. The van der Waals surface area contributed by atoms with Crippen molar-refractivity contribution in [3.05, 3.63) is 71.0 Å². The molecule has 39 heavy (non-hydrogen) atoms. The van der Waals surface area contributed by atoms with E-state index in [-0.39, 0.29) is 5.02 Å². The number of aliphatic imine (C=N–C) groups is 1. The molecule has 0 unspecified atom stereocenters. The molecule has 2 aromatic rings. The van der Waals surface area contributed by atoms with Crippen molar-refractivity contribution in [3.63, 3.8) is 0 Å². The molecule has 11 heteroatoms. The number of halogens is 2. The maximum absolute atomic E-state index is 13.2. The topological polar surface area (TPSA) is 103 Å². The molecule has 1 fully saturated rings. The van der Waals surface area contributed by atoms with Gasteiger partial charge in [0, 0.05) is 50.2 Å². The third kappa shape index (κ3) is 10.2. The fourth-order valence-corrected chi connectivity index (χ4v) is 5.44. The Balaban J connectivity index is 0.000000459. The summed E-state index contributed by atoms with van der Waals surface area (Å²) in [6, 6.07) is 13.5. The zero-order valence-electron chi connectivity index (χ0n) is 21.8. The highest BCUT2D eigenvalue weighted by Gasteiger charge is 2.26. The minimum atomic E-state index is -1.26. The van der Waals surface area contributed by atoms with Crippen molar-refractivity contribution in [3.8, 4) is 5.75 Å². The highest BCUT2D eigenvalue weighted by atomic mass is 35.5. The molecular formula is C28H33ClFN3O5S. The fourth-order valence-electron chi connectivity index (χ4n) is 4.22. The lowest BCUT2D eigenvalue weighted by Crippen LogP contribution is -2.45. The Bertz CT molecular complexity index is 1170. The van der Waals surface area contributed by atoms with Crippen molar-refractivity contribution in [1.82, 2.24) is 9.80 Å². The molecular weight excluding hydrogens is 545 g/mol. The number of carboxylic acid groups (broad SMARTS) is 2. The first kappa shape index (κ1) is 30.5. The van der Waals surface area contributed by atoms with Gasteiger partial charge in [0.1, 0.15) is 11.6 Å². The number of carbonyl (C=O) groups is 2. The molecule has 8 nitrogen and oxygen atoms in total. The summed E-state index contributed by atoms with van der Waals surface area (Å²) in [6.07, 6.45) is 5.52. The number of ether oxygens (including phenoxy) is 1. The molecule has 2 N–H and O–H groups in total. The molecule has 2 aliphatic rings. The number of amidine groups is 1. The van der Waals surface area contributed by atoms with Crippen molar-refractivity contribution in [2.75, 3.05) is 33.3 Å². The van der Waals surface area contributed by atoms with Gasteiger partial charge in [-0.25, -0.2) is 19.0 Å². The second kappa shape index (κ2) is 15.5. The van der Waals surface area contributed by atoms with E-state index in [0.717, 1.165) is 49.1 Å². The first-order valence-corrected chi connectivity index (χ1v) is 14.1. The van der Waals surface area contributed by atoms with Crippen LogP contribution < -0.4 is 4.74 Å². The molecule has 0 bridgehead atoms. The van der Waals surface area contributed by atoms with Gasteiger partial charge >= 0.3 is 11.9 Å². The zero-order valence-corrected chi connectivity index (χ0v) is 23.3. The summed E-state index contributed by atoms with van der Waals surface area (Å²) >= 11 is 7.63. The van der Waals surface area contributed by atoms with E-state index >= 15 is 0 Å². The van der Waals surface area contributed by atoms with Crippen LogP contribution in [0, 0.1) is 5.82 Å². The number of piperidine rings is 1. The summed E-state index contributed by atoms with van der Waals surface area (Å²) in [5.74, 6) is -1.30. The number of carboxylic acids is 2. The standard InChI is InChI=1S/C24H29ClFN3OS.C4H4O4/c1-28(24-27-23-7-3-2-6-18(23)17-31-24)19-10-13-29(14-11-19)12-4-5-15-30-20-8-9-22(26)21(25)16-20;5-3(6)1-2-4(7)8/h2-3,6-9,16,19H,4-5,10-15,17H2,1H3;1-2H,(H,5,6)(H,7,8)/b;2-1+. The Morgan fingerprint density at radius 3 is 2.51 bits per heavy atom. The Kier molecular flexibility index (Phi) is 12.1. The number of nitrogens with zero attached hydrogens (tertiary/aromatic N) is 3. The quantitative estimate of drug-likeness (QED) is 0.290. The van der Waals surface area contributed by atoms with E-state index in [1.165, 1.54) is 30.5 Å². The van der Waals surface area contributed by atoms with Gasteiger partial charge in [-0.1, -0.05) is 41.6 Å². The second-order valence-corrected chi connectivity index (χ2v) is 10.5. The van der Waals surface area contributed by atoms with E-state index in [1.54, 1.807) is 6.07 Å².